The van der Waals surface area contributed by atoms with Gasteiger partial charge in [0, 0.05) is 29.9 Å². The Balaban J connectivity index is 2.25. The second kappa shape index (κ2) is 5.11. The normalized spacial score (nSPS) is 19.4. The maximum atomic E-state index is 11.3. The molecule has 1 aromatic rings. The number of carbonyl (C=O) groups excluding carboxylic acids is 1. The third-order valence-corrected chi connectivity index (χ3v) is 3.61. The molecule has 1 saturated heterocycles. The van der Waals surface area contributed by atoms with Crippen LogP contribution in [-0.4, -0.2) is 31.0 Å². The fraction of sp³-hybridized carbons (Fsp3) is 0.533. The summed E-state index contributed by atoms with van der Waals surface area (Å²) in [6.07, 6.45) is 1.15. The van der Waals surface area contributed by atoms with E-state index in [9.17, 15) is 4.79 Å². The number of anilines is 1. The minimum Gasteiger partial charge on any atom is -0.365 e. The van der Waals surface area contributed by atoms with Crippen LogP contribution in [0.15, 0.2) is 24.3 Å². The smallest absolute Gasteiger partial charge is 0.159 e. The molecule has 18 heavy (non-hydrogen) atoms. The lowest BCUT2D eigenvalue weighted by atomic mass is 10.0. The van der Waals surface area contributed by atoms with E-state index in [0.717, 1.165) is 31.6 Å². The zero-order valence-electron chi connectivity index (χ0n) is 11.5. The SMILES string of the molecule is CC(=O)c1ccc(N2CCCNCC2(C)C)cc1. The van der Waals surface area contributed by atoms with E-state index in [2.05, 4.69) is 36.2 Å². The van der Waals surface area contributed by atoms with Crippen molar-refractivity contribution in [2.75, 3.05) is 24.5 Å². The summed E-state index contributed by atoms with van der Waals surface area (Å²) in [4.78, 5) is 13.7. The van der Waals surface area contributed by atoms with Crippen molar-refractivity contribution in [3.05, 3.63) is 29.8 Å². The maximum absolute atomic E-state index is 11.3. The Hall–Kier alpha value is -1.35. The molecule has 0 saturated carbocycles. The van der Waals surface area contributed by atoms with Crippen LogP contribution in [0.5, 0.6) is 0 Å². The number of ketones is 1. The van der Waals surface area contributed by atoms with Gasteiger partial charge in [0.1, 0.15) is 0 Å². The first-order chi connectivity index (χ1) is 8.50. The molecule has 1 aliphatic heterocycles. The fourth-order valence-corrected chi connectivity index (χ4v) is 2.51. The first-order valence-electron chi connectivity index (χ1n) is 6.60. The van der Waals surface area contributed by atoms with Crippen molar-refractivity contribution < 1.29 is 4.79 Å². The first-order valence-corrected chi connectivity index (χ1v) is 6.60. The Bertz CT molecular complexity index is 423. The number of hydrogen-bond donors (Lipinski definition) is 1. The number of hydrogen-bond acceptors (Lipinski definition) is 3. The van der Waals surface area contributed by atoms with E-state index in [0.29, 0.717) is 0 Å². The van der Waals surface area contributed by atoms with Crippen molar-refractivity contribution in [2.45, 2.75) is 32.7 Å². The van der Waals surface area contributed by atoms with Crippen molar-refractivity contribution in [1.82, 2.24) is 5.32 Å². The Morgan fingerprint density at radius 3 is 2.56 bits per heavy atom. The molecular weight excluding hydrogens is 224 g/mol. The summed E-state index contributed by atoms with van der Waals surface area (Å²) < 4.78 is 0. The number of carbonyl (C=O) groups is 1. The average Bonchev–Trinajstić information content (AvgIpc) is 2.50. The van der Waals surface area contributed by atoms with Crippen LogP contribution in [0.3, 0.4) is 0 Å². The zero-order valence-corrected chi connectivity index (χ0v) is 11.5. The van der Waals surface area contributed by atoms with Gasteiger partial charge >= 0.3 is 0 Å². The molecule has 2 rings (SSSR count). The Morgan fingerprint density at radius 1 is 1.28 bits per heavy atom. The van der Waals surface area contributed by atoms with Gasteiger partial charge in [-0.05, 0) is 58.0 Å². The van der Waals surface area contributed by atoms with Crippen molar-refractivity contribution in [2.24, 2.45) is 0 Å². The largest absolute Gasteiger partial charge is 0.365 e. The predicted octanol–water partition coefficient (Wildman–Crippen LogP) is 2.47. The fourth-order valence-electron chi connectivity index (χ4n) is 2.51. The summed E-state index contributed by atoms with van der Waals surface area (Å²) in [7, 11) is 0. The number of nitrogens with zero attached hydrogens (tertiary/aromatic N) is 1. The van der Waals surface area contributed by atoms with Crippen LogP contribution < -0.4 is 10.2 Å². The number of Topliss-reactive ketones (excluding diaryl/α,β-unsaturated/α-hetero) is 1. The van der Waals surface area contributed by atoms with Gasteiger partial charge in [-0.2, -0.15) is 0 Å². The molecule has 1 heterocycles. The van der Waals surface area contributed by atoms with Crippen LogP contribution in [0.1, 0.15) is 37.6 Å². The van der Waals surface area contributed by atoms with Gasteiger partial charge in [0.05, 0.1) is 0 Å². The molecular formula is C15H22N2O. The molecule has 0 aliphatic carbocycles. The first kappa shape index (κ1) is 13.1. The van der Waals surface area contributed by atoms with Gasteiger partial charge in [-0.15, -0.1) is 0 Å². The third kappa shape index (κ3) is 2.72. The highest BCUT2D eigenvalue weighted by molar-refractivity contribution is 5.94. The molecule has 0 spiro atoms. The third-order valence-electron chi connectivity index (χ3n) is 3.61. The van der Waals surface area contributed by atoms with Crippen molar-refractivity contribution in [1.29, 1.82) is 0 Å². The highest BCUT2D eigenvalue weighted by Gasteiger charge is 2.28. The molecule has 1 aliphatic rings. The highest BCUT2D eigenvalue weighted by Crippen LogP contribution is 2.25. The lowest BCUT2D eigenvalue weighted by molar-refractivity contribution is 0.101. The molecule has 0 amide bonds. The summed E-state index contributed by atoms with van der Waals surface area (Å²) in [5.41, 5.74) is 2.09. The zero-order chi connectivity index (χ0) is 13.2. The second-order valence-corrected chi connectivity index (χ2v) is 5.60. The van der Waals surface area contributed by atoms with Crippen LogP contribution in [0.4, 0.5) is 5.69 Å². The van der Waals surface area contributed by atoms with E-state index >= 15 is 0 Å². The predicted molar refractivity (Wildman–Crippen MR) is 75.4 cm³/mol. The molecule has 0 radical (unpaired) electrons. The molecule has 0 aromatic heterocycles. The standard InChI is InChI=1S/C15H22N2O/c1-12(18)13-5-7-14(8-6-13)17-10-4-9-16-11-15(17,2)3/h5-8,16H,4,9-11H2,1-3H3. The number of rotatable bonds is 2. The van der Waals surface area contributed by atoms with Crippen LogP contribution in [0.25, 0.3) is 0 Å². The lowest BCUT2D eigenvalue weighted by Crippen LogP contribution is -2.48. The van der Waals surface area contributed by atoms with Gasteiger partial charge in [-0.1, -0.05) is 0 Å². The van der Waals surface area contributed by atoms with E-state index < -0.39 is 0 Å². The Kier molecular flexibility index (Phi) is 3.71. The van der Waals surface area contributed by atoms with E-state index in [1.165, 1.54) is 5.69 Å². The molecule has 0 bridgehead atoms. The van der Waals surface area contributed by atoms with Gasteiger partial charge in [0.2, 0.25) is 0 Å². The molecule has 98 valence electrons. The van der Waals surface area contributed by atoms with Crippen LogP contribution >= 0.6 is 0 Å². The van der Waals surface area contributed by atoms with E-state index in [-0.39, 0.29) is 11.3 Å². The van der Waals surface area contributed by atoms with E-state index in [1.807, 2.05) is 12.1 Å². The summed E-state index contributed by atoms with van der Waals surface area (Å²) >= 11 is 0. The lowest BCUT2D eigenvalue weighted by Gasteiger charge is -2.39. The van der Waals surface area contributed by atoms with Crippen molar-refractivity contribution in [3.63, 3.8) is 0 Å². The molecule has 3 nitrogen and oxygen atoms in total. The van der Waals surface area contributed by atoms with Crippen LogP contribution in [0, 0.1) is 0 Å². The minimum atomic E-state index is 0.105. The second-order valence-electron chi connectivity index (χ2n) is 5.60. The maximum Gasteiger partial charge on any atom is 0.159 e. The molecule has 1 N–H and O–H groups in total. The van der Waals surface area contributed by atoms with Gasteiger partial charge in [-0.25, -0.2) is 0 Å². The van der Waals surface area contributed by atoms with E-state index in [1.54, 1.807) is 6.92 Å². The minimum absolute atomic E-state index is 0.105. The van der Waals surface area contributed by atoms with Crippen molar-refractivity contribution >= 4 is 11.5 Å². The molecule has 0 unspecified atom stereocenters. The Morgan fingerprint density at radius 2 is 1.94 bits per heavy atom. The van der Waals surface area contributed by atoms with Gasteiger partial charge in [-0.3, -0.25) is 4.79 Å². The Labute approximate surface area is 109 Å². The van der Waals surface area contributed by atoms with Crippen LogP contribution in [-0.2, 0) is 0 Å². The highest BCUT2D eigenvalue weighted by atomic mass is 16.1. The number of benzene rings is 1. The van der Waals surface area contributed by atoms with E-state index in [4.69, 9.17) is 0 Å². The van der Waals surface area contributed by atoms with Gasteiger partial charge in [0.15, 0.2) is 5.78 Å². The topological polar surface area (TPSA) is 32.3 Å². The van der Waals surface area contributed by atoms with Crippen molar-refractivity contribution in [3.8, 4) is 0 Å². The molecule has 3 heteroatoms. The summed E-state index contributed by atoms with van der Waals surface area (Å²) in [5, 5.41) is 3.47. The van der Waals surface area contributed by atoms with Gasteiger partial charge < -0.3 is 10.2 Å². The van der Waals surface area contributed by atoms with Crippen LogP contribution in [0.2, 0.25) is 0 Å². The summed E-state index contributed by atoms with van der Waals surface area (Å²) in [5.74, 6) is 0.123. The van der Waals surface area contributed by atoms with Gasteiger partial charge in [0.25, 0.3) is 0 Å². The quantitative estimate of drug-likeness (QED) is 0.814. The summed E-state index contributed by atoms with van der Waals surface area (Å²) in [6.45, 7) is 9.23. The average molecular weight is 246 g/mol. The monoisotopic (exact) mass is 246 g/mol. The number of nitrogens with one attached hydrogen (secondary N) is 1. The molecule has 0 atom stereocenters. The molecule has 1 aromatic carbocycles. The summed E-state index contributed by atoms with van der Waals surface area (Å²) in [6, 6.07) is 7.96. The molecule has 1 fully saturated rings.